The van der Waals surface area contributed by atoms with E-state index in [0.29, 0.717) is 18.2 Å². The van der Waals surface area contributed by atoms with Gasteiger partial charge in [0, 0.05) is 12.1 Å². The summed E-state index contributed by atoms with van der Waals surface area (Å²) in [4.78, 5) is 5.06. The Balaban J connectivity index is 4.49. The molecule has 2 nitrogen and oxygen atoms in total. The maximum absolute atomic E-state index is 2.56. The smallest absolute Gasteiger partial charge is 0.0597 e. The zero-order valence-corrected chi connectivity index (χ0v) is 11.0. The summed E-state index contributed by atoms with van der Waals surface area (Å²) in [5, 5.41) is 0. The molecule has 2 heteroatoms. The molecule has 0 aliphatic carbocycles. The van der Waals surface area contributed by atoms with Crippen molar-refractivity contribution in [1.82, 2.24) is 9.80 Å². The lowest BCUT2D eigenvalue weighted by molar-refractivity contribution is 0.0156. The first-order valence-electron chi connectivity index (χ1n) is 5.97. The van der Waals surface area contributed by atoms with Gasteiger partial charge in [0.15, 0.2) is 0 Å². The molecule has 0 aliphatic heterocycles. The molecule has 0 spiro atoms. The molecular formula is C12H28N2. The number of hydrogen-bond acceptors (Lipinski definition) is 2. The molecule has 0 radical (unpaired) electrons. The first-order valence-corrected chi connectivity index (χ1v) is 5.97. The summed E-state index contributed by atoms with van der Waals surface area (Å²) in [7, 11) is 0. The van der Waals surface area contributed by atoms with Gasteiger partial charge in [-0.1, -0.05) is 13.8 Å². The summed E-state index contributed by atoms with van der Waals surface area (Å²) >= 11 is 0. The minimum atomic E-state index is 0.546. The molecule has 0 aromatic heterocycles. The van der Waals surface area contributed by atoms with Gasteiger partial charge in [-0.2, -0.15) is 0 Å². The molecule has 0 fully saturated rings. The summed E-state index contributed by atoms with van der Waals surface area (Å²) in [5.41, 5.74) is 0. The van der Waals surface area contributed by atoms with Crippen molar-refractivity contribution in [2.45, 2.75) is 66.7 Å². The molecule has 0 saturated heterocycles. The van der Waals surface area contributed by atoms with E-state index in [1.165, 1.54) is 0 Å². The van der Waals surface area contributed by atoms with Crippen LogP contribution in [0.25, 0.3) is 0 Å². The third-order valence-corrected chi connectivity index (χ3v) is 2.96. The van der Waals surface area contributed by atoms with Gasteiger partial charge in [-0.3, -0.25) is 9.80 Å². The van der Waals surface area contributed by atoms with Gasteiger partial charge in [0.25, 0.3) is 0 Å². The lowest BCUT2D eigenvalue weighted by Crippen LogP contribution is -2.52. The van der Waals surface area contributed by atoms with Gasteiger partial charge in [0.2, 0.25) is 0 Å². The Morgan fingerprint density at radius 2 is 1.14 bits per heavy atom. The van der Waals surface area contributed by atoms with Crippen LogP contribution in [-0.2, 0) is 0 Å². The van der Waals surface area contributed by atoms with E-state index in [-0.39, 0.29) is 0 Å². The number of hydrogen-bond donors (Lipinski definition) is 0. The largest absolute Gasteiger partial charge is 0.289 e. The Bertz CT molecular complexity index is 131. The van der Waals surface area contributed by atoms with Crippen molar-refractivity contribution in [3.05, 3.63) is 0 Å². The molecule has 14 heavy (non-hydrogen) atoms. The summed E-state index contributed by atoms with van der Waals surface area (Å²) in [6.45, 7) is 18.2. The highest BCUT2D eigenvalue weighted by atomic mass is 15.4. The first kappa shape index (κ1) is 13.9. The van der Waals surface area contributed by atoms with Crippen molar-refractivity contribution in [3.8, 4) is 0 Å². The predicted octanol–water partition coefficient (Wildman–Crippen LogP) is 2.79. The molecule has 0 heterocycles. The molecule has 0 saturated carbocycles. The topological polar surface area (TPSA) is 6.48 Å². The van der Waals surface area contributed by atoms with Crippen LogP contribution in [0.4, 0.5) is 0 Å². The lowest BCUT2D eigenvalue weighted by atomic mass is 10.2. The van der Waals surface area contributed by atoms with Crippen LogP contribution in [-0.4, -0.2) is 41.1 Å². The maximum atomic E-state index is 2.56. The van der Waals surface area contributed by atoms with E-state index in [1.807, 2.05) is 0 Å². The van der Waals surface area contributed by atoms with Crippen LogP contribution in [0, 0.1) is 0 Å². The SMILES string of the molecule is CCN(CC)C(C)N(C(C)C)C(C)C. The van der Waals surface area contributed by atoms with Crippen LogP contribution < -0.4 is 0 Å². The van der Waals surface area contributed by atoms with E-state index < -0.39 is 0 Å². The molecule has 0 aromatic carbocycles. The molecule has 0 aliphatic rings. The molecule has 0 N–H and O–H groups in total. The van der Waals surface area contributed by atoms with Crippen LogP contribution in [0.15, 0.2) is 0 Å². The molecule has 1 atom stereocenters. The number of nitrogens with zero attached hydrogens (tertiary/aromatic N) is 2. The summed E-state index contributed by atoms with van der Waals surface area (Å²) in [6, 6.07) is 1.23. The Hall–Kier alpha value is -0.0800. The van der Waals surface area contributed by atoms with Gasteiger partial charge in [0.1, 0.15) is 0 Å². The highest BCUT2D eigenvalue weighted by Gasteiger charge is 2.23. The molecule has 0 bridgehead atoms. The van der Waals surface area contributed by atoms with Gasteiger partial charge >= 0.3 is 0 Å². The number of rotatable bonds is 6. The summed E-state index contributed by atoms with van der Waals surface area (Å²) in [6.07, 6.45) is 0.546. The predicted molar refractivity (Wildman–Crippen MR) is 64.5 cm³/mol. The average Bonchev–Trinajstić information content (AvgIpc) is 2.04. The zero-order chi connectivity index (χ0) is 11.3. The monoisotopic (exact) mass is 200 g/mol. The van der Waals surface area contributed by atoms with Crippen LogP contribution >= 0.6 is 0 Å². The van der Waals surface area contributed by atoms with Gasteiger partial charge in [-0.05, 0) is 47.7 Å². The van der Waals surface area contributed by atoms with Crippen LogP contribution in [0.5, 0.6) is 0 Å². The summed E-state index contributed by atoms with van der Waals surface area (Å²) < 4.78 is 0. The van der Waals surface area contributed by atoms with Crippen molar-refractivity contribution in [3.63, 3.8) is 0 Å². The van der Waals surface area contributed by atoms with E-state index in [9.17, 15) is 0 Å². The molecular weight excluding hydrogens is 172 g/mol. The van der Waals surface area contributed by atoms with E-state index in [2.05, 4.69) is 58.3 Å². The van der Waals surface area contributed by atoms with E-state index in [0.717, 1.165) is 13.1 Å². The first-order chi connectivity index (χ1) is 6.45. The van der Waals surface area contributed by atoms with Crippen molar-refractivity contribution < 1.29 is 0 Å². The van der Waals surface area contributed by atoms with Crippen LogP contribution in [0.1, 0.15) is 48.5 Å². The Morgan fingerprint density at radius 3 is 1.36 bits per heavy atom. The van der Waals surface area contributed by atoms with Gasteiger partial charge in [-0.25, -0.2) is 0 Å². The fraction of sp³-hybridized carbons (Fsp3) is 1.00. The Morgan fingerprint density at radius 1 is 0.786 bits per heavy atom. The minimum absolute atomic E-state index is 0.546. The minimum Gasteiger partial charge on any atom is -0.289 e. The van der Waals surface area contributed by atoms with Crippen molar-refractivity contribution in [1.29, 1.82) is 0 Å². The van der Waals surface area contributed by atoms with Crippen molar-refractivity contribution in [2.24, 2.45) is 0 Å². The fourth-order valence-corrected chi connectivity index (χ4v) is 2.40. The van der Waals surface area contributed by atoms with E-state index >= 15 is 0 Å². The molecule has 0 rings (SSSR count). The standard InChI is InChI=1S/C12H28N2/c1-8-13(9-2)12(7)14(10(3)4)11(5)6/h10-12H,8-9H2,1-7H3. The van der Waals surface area contributed by atoms with Gasteiger partial charge in [-0.15, -0.1) is 0 Å². The molecule has 0 amide bonds. The second-order valence-corrected chi connectivity index (χ2v) is 4.49. The lowest BCUT2D eigenvalue weighted by Gasteiger charge is -2.41. The summed E-state index contributed by atoms with van der Waals surface area (Å²) in [5.74, 6) is 0. The average molecular weight is 200 g/mol. The van der Waals surface area contributed by atoms with Crippen LogP contribution in [0.3, 0.4) is 0 Å². The second-order valence-electron chi connectivity index (χ2n) is 4.49. The highest BCUT2D eigenvalue weighted by molar-refractivity contribution is 4.74. The normalized spacial score (nSPS) is 14.8. The Kier molecular flexibility index (Phi) is 6.38. The van der Waals surface area contributed by atoms with E-state index in [4.69, 9.17) is 0 Å². The highest BCUT2D eigenvalue weighted by Crippen LogP contribution is 2.13. The molecule has 0 aromatic rings. The van der Waals surface area contributed by atoms with Gasteiger partial charge < -0.3 is 0 Å². The second kappa shape index (κ2) is 6.41. The van der Waals surface area contributed by atoms with E-state index in [1.54, 1.807) is 0 Å². The zero-order valence-electron chi connectivity index (χ0n) is 11.0. The molecule has 1 unspecified atom stereocenters. The Labute approximate surface area is 90.3 Å². The third-order valence-electron chi connectivity index (χ3n) is 2.96. The molecule has 86 valence electrons. The third kappa shape index (κ3) is 3.58. The maximum Gasteiger partial charge on any atom is 0.0597 e. The fourth-order valence-electron chi connectivity index (χ4n) is 2.40. The quantitative estimate of drug-likeness (QED) is 0.608. The van der Waals surface area contributed by atoms with Gasteiger partial charge in [0.05, 0.1) is 6.17 Å². The van der Waals surface area contributed by atoms with Crippen LogP contribution in [0.2, 0.25) is 0 Å². The van der Waals surface area contributed by atoms with Crippen molar-refractivity contribution >= 4 is 0 Å². The van der Waals surface area contributed by atoms with Crippen molar-refractivity contribution in [2.75, 3.05) is 13.1 Å².